The summed E-state index contributed by atoms with van der Waals surface area (Å²) >= 11 is 0. The molecule has 0 aliphatic rings. The molecule has 3 aromatic heterocycles. The van der Waals surface area contributed by atoms with E-state index in [0.717, 1.165) is 11.3 Å². The molecule has 0 fully saturated rings. The van der Waals surface area contributed by atoms with Crippen molar-refractivity contribution >= 4 is 11.9 Å². The second kappa shape index (κ2) is 6.31. The van der Waals surface area contributed by atoms with Crippen LogP contribution in [0.25, 0.3) is 5.78 Å². The minimum absolute atomic E-state index is 0.363. The molecule has 0 atom stereocenters. The molecule has 0 saturated carbocycles. The van der Waals surface area contributed by atoms with Crippen LogP contribution in [-0.2, 0) is 17.8 Å². The molecule has 0 saturated heterocycles. The largest absolute Gasteiger partial charge is 0.444 e. The van der Waals surface area contributed by atoms with E-state index < -0.39 is 11.7 Å². The van der Waals surface area contributed by atoms with E-state index in [1.165, 1.54) is 0 Å². The molecule has 1 amide bonds. The van der Waals surface area contributed by atoms with Crippen LogP contribution in [0.15, 0.2) is 37.1 Å². The third kappa shape index (κ3) is 4.09. The van der Waals surface area contributed by atoms with Gasteiger partial charge < -0.3 is 10.1 Å². The highest BCUT2D eigenvalue weighted by molar-refractivity contribution is 5.67. The number of aromatic nitrogens is 5. The van der Waals surface area contributed by atoms with Gasteiger partial charge in [0.05, 0.1) is 18.4 Å². The van der Waals surface area contributed by atoms with Gasteiger partial charge in [0.25, 0.3) is 0 Å². The van der Waals surface area contributed by atoms with Crippen LogP contribution < -0.4 is 5.32 Å². The zero-order valence-electron chi connectivity index (χ0n) is 13.9. The molecule has 1 N–H and O–H groups in total. The molecular weight excluding hydrogens is 308 g/mol. The molecule has 126 valence electrons. The van der Waals surface area contributed by atoms with E-state index in [9.17, 15) is 4.79 Å². The normalized spacial score (nSPS) is 11.6. The Kier molecular flexibility index (Phi) is 4.20. The number of ether oxygens (including phenoxy) is 1. The molecule has 8 nitrogen and oxygen atoms in total. The summed E-state index contributed by atoms with van der Waals surface area (Å²) in [5, 5.41) is 7.00. The van der Waals surface area contributed by atoms with E-state index in [1.54, 1.807) is 17.1 Å². The molecule has 0 aliphatic carbocycles. The van der Waals surface area contributed by atoms with E-state index in [-0.39, 0.29) is 0 Å². The number of nitrogens with one attached hydrogen (secondary N) is 1. The third-order valence-corrected chi connectivity index (χ3v) is 3.13. The first-order chi connectivity index (χ1) is 11.4. The Morgan fingerprint density at radius 2 is 2.17 bits per heavy atom. The number of fused-ring (bicyclic) bond motifs is 1. The summed E-state index contributed by atoms with van der Waals surface area (Å²) in [7, 11) is 0. The van der Waals surface area contributed by atoms with Gasteiger partial charge in [-0.1, -0.05) is 0 Å². The highest BCUT2D eigenvalue weighted by Gasteiger charge is 2.15. The van der Waals surface area contributed by atoms with Crippen molar-refractivity contribution in [3.05, 3.63) is 48.3 Å². The van der Waals surface area contributed by atoms with Crippen molar-refractivity contribution < 1.29 is 9.53 Å². The maximum Gasteiger partial charge on any atom is 0.407 e. The number of imidazole rings is 1. The maximum atomic E-state index is 11.6. The van der Waals surface area contributed by atoms with Crippen molar-refractivity contribution in [2.75, 3.05) is 0 Å². The van der Waals surface area contributed by atoms with Gasteiger partial charge in [0.1, 0.15) is 5.60 Å². The standard InChI is InChI=1S/C16H20N6O2/c1-16(2,3)24-15(23)18-7-12-8-19-22(9-12)11-13-10-21-6-4-5-17-14(21)20-13/h4-6,8-10H,7,11H2,1-3H3,(H,18,23). The van der Waals surface area contributed by atoms with Crippen molar-refractivity contribution in [3.63, 3.8) is 0 Å². The number of carbonyl (C=O) groups is 1. The Morgan fingerprint density at radius 1 is 1.33 bits per heavy atom. The topological polar surface area (TPSA) is 86.3 Å². The summed E-state index contributed by atoms with van der Waals surface area (Å²) in [6, 6.07) is 1.85. The molecule has 8 heteroatoms. The van der Waals surface area contributed by atoms with Gasteiger partial charge >= 0.3 is 6.09 Å². The van der Waals surface area contributed by atoms with E-state index in [1.807, 2.05) is 49.8 Å². The molecule has 0 spiro atoms. The number of hydrogen-bond donors (Lipinski definition) is 1. The lowest BCUT2D eigenvalue weighted by molar-refractivity contribution is 0.0523. The number of alkyl carbamates (subject to hydrolysis) is 1. The molecule has 0 aromatic carbocycles. The molecule has 3 rings (SSSR count). The smallest absolute Gasteiger partial charge is 0.407 e. The van der Waals surface area contributed by atoms with Crippen molar-refractivity contribution in [2.45, 2.75) is 39.5 Å². The van der Waals surface area contributed by atoms with Gasteiger partial charge in [-0.05, 0) is 26.8 Å². The van der Waals surface area contributed by atoms with Gasteiger partial charge in [-0.25, -0.2) is 14.8 Å². The Bertz CT molecular complexity index is 812. The first-order valence-electron chi connectivity index (χ1n) is 7.66. The minimum Gasteiger partial charge on any atom is -0.444 e. The van der Waals surface area contributed by atoms with Crippen LogP contribution >= 0.6 is 0 Å². The molecular formula is C16H20N6O2. The van der Waals surface area contributed by atoms with Crippen LogP contribution in [0.2, 0.25) is 0 Å². The van der Waals surface area contributed by atoms with Crippen LogP contribution in [-0.4, -0.2) is 35.8 Å². The molecule has 0 aliphatic heterocycles. The summed E-state index contributed by atoms with van der Waals surface area (Å²) in [5.74, 6) is 0.659. The predicted molar refractivity (Wildman–Crippen MR) is 87.4 cm³/mol. The second-order valence-electron chi connectivity index (χ2n) is 6.46. The van der Waals surface area contributed by atoms with Gasteiger partial charge in [0, 0.05) is 36.9 Å². The summed E-state index contributed by atoms with van der Waals surface area (Å²) in [6.07, 6.45) is 8.67. The van der Waals surface area contributed by atoms with Crippen LogP contribution in [0.1, 0.15) is 32.0 Å². The average Bonchev–Trinajstić information content (AvgIpc) is 3.09. The Labute approximate surface area is 139 Å². The van der Waals surface area contributed by atoms with Crippen molar-refractivity contribution in [1.82, 2.24) is 29.5 Å². The number of amides is 1. The molecule has 3 aromatic rings. The SMILES string of the molecule is CC(C)(C)OC(=O)NCc1cnn(Cc2cn3cccnc3n2)c1. The minimum atomic E-state index is -0.509. The first-order valence-corrected chi connectivity index (χ1v) is 7.66. The lowest BCUT2D eigenvalue weighted by Crippen LogP contribution is -2.32. The predicted octanol–water partition coefficient (Wildman–Crippen LogP) is 2.00. The number of carbonyl (C=O) groups excluding carboxylic acids is 1. The van der Waals surface area contributed by atoms with Gasteiger partial charge in [-0.2, -0.15) is 5.10 Å². The number of nitrogens with zero attached hydrogens (tertiary/aromatic N) is 5. The molecule has 0 radical (unpaired) electrons. The Morgan fingerprint density at radius 3 is 2.92 bits per heavy atom. The van der Waals surface area contributed by atoms with Crippen LogP contribution in [0.4, 0.5) is 4.79 Å². The lowest BCUT2D eigenvalue weighted by atomic mass is 10.2. The van der Waals surface area contributed by atoms with Gasteiger partial charge in [-0.3, -0.25) is 9.08 Å². The maximum absolute atomic E-state index is 11.6. The number of hydrogen-bond acceptors (Lipinski definition) is 5. The summed E-state index contributed by atoms with van der Waals surface area (Å²) in [4.78, 5) is 20.3. The molecule has 0 unspecified atom stereocenters. The summed E-state index contributed by atoms with van der Waals surface area (Å²) in [5.41, 5.74) is 1.25. The highest BCUT2D eigenvalue weighted by atomic mass is 16.6. The van der Waals surface area contributed by atoms with Crippen molar-refractivity contribution in [3.8, 4) is 0 Å². The first kappa shape index (κ1) is 16.0. The van der Waals surface area contributed by atoms with Crippen LogP contribution in [0, 0.1) is 0 Å². The highest BCUT2D eigenvalue weighted by Crippen LogP contribution is 2.08. The lowest BCUT2D eigenvalue weighted by Gasteiger charge is -2.19. The summed E-state index contributed by atoms with van der Waals surface area (Å²) < 4.78 is 8.84. The van der Waals surface area contributed by atoms with Crippen molar-refractivity contribution in [2.24, 2.45) is 0 Å². The third-order valence-electron chi connectivity index (χ3n) is 3.13. The van der Waals surface area contributed by atoms with Crippen LogP contribution in [0.5, 0.6) is 0 Å². The zero-order chi connectivity index (χ0) is 17.2. The van der Waals surface area contributed by atoms with Gasteiger partial charge in [0.2, 0.25) is 5.78 Å². The second-order valence-corrected chi connectivity index (χ2v) is 6.46. The molecule has 0 bridgehead atoms. The van der Waals surface area contributed by atoms with Gasteiger partial charge in [0.15, 0.2) is 0 Å². The monoisotopic (exact) mass is 328 g/mol. The fourth-order valence-corrected chi connectivity index (χ4v) is 2.19. The Balaban J connectivity index is 1.58. The number of rotatable bonds is 4. The van der Waals surface area contributed by atoms with E-state index in [0.29, 0.717) is 18.9 Å². The van der Waals surface area contributed by atoms with E-state index in [4.69, 9.17) is 4.74 Å². The average molecular weight is 328 g/mol. The van der Waals surface area contributed by atoms with E-state index in [2.05, 4.69) is 20.4 Å². The van der Waals surface area contributed by atoms with Crippen LogP contribution in [0.3, 0.4) is 0 Å². The molecule has 3 heterocycles. The molecule has 24 heavy (non-hydrogen) atoms. The van der Waals surface area contributed by atoms with Crippen molar-refractivity contribution in [1.29, 1.82) is 0 Å². The quantitative estimate of drug-likeness (QED) is 0.791. The fourth-order valence-electron chi connectivity index (χ4n) is 2.19. The summed E-state index contributed by atoms with van der Waals surface area (Å²) in [6.45, 7) is 6.38. The van der Waals surface area contributed by atoms with E-state index >= 15 is 0 Å². The zero-order valence-corrected chi connectivity index (χ0v) is 13.9. The Hall–Kier alpha value is -2.90. The van der Waals surface area contributed by atoms with Gasteiger partial charge in [-0.15, -0.1) is 0 Å². The fraction of sp³-hybridized carbons (Fsp3) is 0.375.